The number of carbonyl (C=O) groups is 1. The maximum Gasteiger partial charge on any atom is 0.307 e. The van der Waals surface area contributed by atoms with E-state index in [9.17, 15) is 9.18 Å². The van der Waals surface area contributed by atoms with Crippen LogP contribution in [0.2, 0.25) is 5.02 Å². The van der Waals surface area contributed by atoms with E-state index in [0.29, 0.717) is 0 Å². The summed E-state index contributed by atoms with van der Waals surface area (Å²) in [6, 6.07) is 2.69. The van der Waals surface area contributed by atoms with Crippen molar-refractivity contribution in [2.75, 3.05) is 5.73 Å². The van der Waals surface area contributed by atoms with Crippen LogP contribution in [0.25, 0.3) is 0 Å². The third kappa shape index (κ3) is 2.09. The highest BCUT2D eigenvalue weighted by atomic mass is 35.5. The Morgan fingerprint density at radius 1 is 1.62 bits per heavy atom. The summed E-state index contributed by atoms with van der Waals surface area (Å²) in [7, 11) is 0. The van der Waals surface area contributed by atoms with Gasteiger partial charge in [-0.15, -0.1) is 0 Å². The maximum absolute atomic E-state index is 13.1. The van der Waals surface area contributed by atoms with Gasteiger partial charge in [0.2, 0.25) is 0 Å². The van der Waals surface area contributed by atoms with E-state index in [1.807, 2.05) is 0 Å². The molecule has 0 aromatic heterocycles. The van der Waals surface area contributed by atoms with Crippen molar-refractivity contribution in [3.63, 3.8) is 0 Å². The number of halogens is 2. The minimum Gasteiger partial charge on any atom is -0.481 e. The van der Waals surface area contributed by atoms with E-state index in [4.69, 9.17) is 22.4 Å². The monoisotopic (exact) mass is 203 g/mol. The SMILES string of the molecule is Nc1ccc(CC(=O)O)c(F)c1Cl. The highest BCUT2D eigenvalue weighted by Gasteiger charge is 2.11. The van der Waals surface area contributed by atoms with Crippen molar-refractivity contribution < 1.29 is 14.3 Å². The average Bonchev–Trinajstić information content (AvgIpc) is 2.06. The Balaban J connectivity index is 3.10. The lowest BCUT2D eigenvalue weighted by Crippen LogP contribution is -2.03. The van der Waals surface area contributed by atoms with Crippen molar-refractivity contribution in [1.82, 2.24) is 0 Å². The number of aliphatic carboxylic acids is 1. The molecule has 0 spiro atoms. The number of anilines is 1. The Bertz CT molecular complexity index is 354. The molecule has 5 heteroatoms. The number of rotatable bonds is 2. The van der Waals surface area contributed by atoms with Crippen molar-refractivity contribution >= 4 is 23.3 Å². The molecule has 0 saturated carbocycles. The number of hydrogen-bond acceptors (Lipinski definition) is 2. The molecule has 0 amide bonds. The minimum atomic E-state index is -1.11. The molecule has 0 radical (unpaired) electrons. The summed E-state index contributed by atoms with van der Waals surface area (Å²) >= 11 is 5.47. The van der Waals surface area contributed by atoms with Crippen LogP contribution >= 0.6 is 11.6 Å². The van der Waals surface area contributed by atoms with Gasteiger partial charge in [0.25, 0.3) is 0 Å². The number of hydrogen-bond donors (Lipinski definition) is 2. The summed E-state index contributed by atoms with van der Waals surface area (Å²) in [5.41, 5.74) is 5.44. The fraction of sp³-hybridized carbons (Fsp3) is 0.125. The van der Waals surface area contributed by atoms with Crippen molar-refractivity contribution in [3.05, 3.63) is 28.5 Å². The molecule has 70 valence electrons. The first-order chi connectivity index (χ1) is 6.02. The standard InChI is InChI=1S/C8H7ClFNO2/c9-7-5(11)2-1-4(8(7)10)3-6(12)13/h1-2H,3,11H2,(H,12,13). The normalized spacial score (nSPS) is 10.0. The van der Waals surface area contributed by atoms with Gasteiger partial charge in [-0.25, -0.2) is 4.39 Å². The molecule has 0 unspecified atom stereocenters. The van der Waals surface area contributed by atoms with Gasteiger partial charge in [-0.3, -0.25) is 4.79 Å². The Kier molecular flexibility index (Phi) is 2.72. The lowest BCUT2D eigenvalue weighted by Gasteiger charge is -2.03. The lowest BCUT2D eigenvalue weighted by molar-refractivity contribution is -0.136. The molecule has 0 heterocycles. The van der Waals surface area contributed by atoms with Crippen LogP contribution in [-0.4, -0.2) is 11.1 Å². The van der Waals surface area contributed by atoms with E-state index in [1.165, 1.54) is 12.1 Å². The Hall–Kier alpha value is -1.29. The van der Waals surface area contributed by atoms with Crippen molar-refractivity contribution in [2.24, 2.45) is 0 Å². The third-order valence-electron chi connectivity index (χ3n) is 1.53. The molecule has 1 aromatic rings. The van der Waals surface area contributed by atoms with Crippen LogP contribution in [0.3, 0.4) is 0 Å². The maximum atomic E-state index is 13.1. The summed E-state index contributed by atoms with van der Waals surface area (Å²) in [6.07, 6.45) is -0.397. The zero-order chi connectivity index (χ0) is 10.0. The lowest BCUT2D eigenvalue weighted by atomic mass is 10.1. The Morgan fingerprint density at radius 2 is 2.23 bits per heavy atom. The van der Waals surface area contributed by atoms with Crippen LogP contribution in [0, 0.1) is 5.82 Å². The molecule has 0 bridgehead atoms. The quantitative estimate of drug-likeness (QED) is 0.719. The fourth-order valence-corrected chi connectivity index (χ4v) is 1.09. The van der Waals surface area contributed by atoms with Crippen LogP contribution in [-0.2, 0) is 11.2 Å². The van der Waals surface area contributed by atoms with E-state index in [0.717, 1.165) is 0 Å². The summed E-state index contributed by atoms with van der Waals surface area (Å²) in [5.74, 6) is -1.87. The second kappa shape index (κ2) is 3.62. The first kappa shape index (κ1) is 9.80. The molecule has 0 fully saturated rings. The van der Waals surface area contributed by atoms with Crippen molar-refractivity contribution in [3.8, 4) is 0 Å². The predicted octanol–water partition coefficient (Wildman–Crippen LogP) is 1.69. The van der Waals surface area contributed by atoms with Gasteiger partial charge >= 0.3 is 5.97 Å². The number of carboxylic acid groups (broad SMARTS) is 1. The Morgan fingerprint density at radius 3 is 2.77 bits per heavy atom. The van der Waals surface area contributed by atoms with Crippen LogP contribution in [0.5, 0.6) is 0 Å². The molecule has 1 aromatic carbocycles. The fourth-order valence-electron chi connectivity index (χ4n) is 0.904. The summed E-state index contributed by atoms with van der Waals surface area (Å²) in [6.45, 7) is 0. The topological polar surface area (TPSA) is 63.3 Å². The molecule has 3 N–H and O–H groups in total. The zero-order valence-electron chi connectivity index (χ0n) is 6.55. The summed E-state index contributed by atoms with van der Waals surface area (Å²) in [4.78, 5) is 10.3. The molecule has 0 atom stereocenters. The van der Waals surface area contributed by atoms with Gasteiger partial charge in [-0.2, -0.15) is 0 Å². The van der Waals surface area contributed by atoms with Crippen LogP contribution < -0.4 is 5.73 Å². The van der Waals surface area contributed by atoms with Crippen LogP contribution in [0.1, 0.15) is 5.56 Å². The first-order valence-electron chi connectivity index (χ1n) is 3.46. The van der Waals surface area contributed by atoms with Crippen molar-refractivity contribution in [2.45, 2.75) is 6.42 Å². The van der Waals surface area contributed by atoms with E-state index < -0.39 is 18.2 Å². The second-order valence-electron chi connectivity index (χ2n) is 2.51. The van der Waals surface area contributed by atoms with E-state index in [-0.39, 0.29) is 16.3 Å². The molecule has 1 rings (SSSR count). The predicted molar refractivity (Wildman–Crippen MR) is 47.2 cm³/mol. The molecule has 0 aliphatic heterocycles. The largest absolute Gasteiger partial charge is 0.481 e. The van der Waals surface area contributed by atoms with Gasteiger partial charge in [0.15, 0.2) is 0 Å². The Labute approximate surface area is 78.9 Å². The molecule has 3 nitrogen and oxygen atoms in total. The molecule has 0 aliphatic rings. The van der Waals surface area contributed by atoms with Crippen LogP contribution in [0.4, 0.5) is 10.1 Å². The number of carboxylic acids is 1. The highest BCUT2D eigenvalue weighted by Crippen LogP contribution is 2.25. The number of nitrogen functional groups attached to an aromatic ring is 1. The molecule has 13 heavy (non-hydrogen) atoms. The van der Waals surface area contributed by atoms with Gasteiger partial charge in [-0.1, -0.05) is 17.7 Å². The van der Waals surface area contributed by atoms with E-state index in [2.05, 4.69) is 0 Å². The van der Waals surface area contributed by atoms with E-state index >= 15 is 0 Å². The molecular formula is C8H7ClFNO2. The van der Waals surface area contributed by atoms with Gasteiger partial charge in [0.1, 0.15) is 5.82 Å². The van der Waals surface area contributed by atoms with Gasteiger partial charge < -0.3 is 10.8 Å². The number of benzene rings is 1. The minimum absolute atomic E-state index is 0.0340. The zero-order valence-corrected chi connectivity index (χ0v) is 7.31. The van der Waals surface area contributed by atoms with Gasteiger partial charge in [0, 0.05) is 5.56 Å². The molecular weight excluding hydrogens is 197 g/mol. The smallest absolute Gasteiger partial charge is 0.307 e. The van der Waals surface area contributed by atoms with Gasteiger partial charge in [-0.05, 0) is 6.07 Å². The van der Waals surface area contributed by atoms with E-state index in [1.54, 1.807) is 0 Å². The second-order valence-corrected chi connectivity index (χ2v) is 2.89. The van der Waals surface area contributed by atoms with Gasteiger partial charge in [0.05, 0.1) is 17.1 Å². The third-order valence-corrected chi connectivity index (χ3v) is 1.92. The van der Waals surface area contributed by atoms with Crippen LogP contribution in [0.15, 0.2) is 12.1 Å². The summed E-state index contributed by atoms with van der Waals surface area (Å²) in [5, 5.41) is 8.19. The molecule has 0 aliphatic carbocycles. The average molecular weight is 204 g/mol. The van der Waals surface area contributed by atoms with Crippen molar-refractivity contribution in [1.29, 1.82) is 0 Å². The number of nitrogens with two attached hydrogens (primary N) is 1. The summed E-state index contributed by atoms with van der Waals surface area (Å²) < 4.78 is 13.1. The molecule has 0 saturated heterocycles. The first-order valence-corrected chi connectivity index (χ1v) is 3.84. The highest BCUT2D eigenvalue weighted by molar-refractivity contribution is 6.33.